The van der Waals surface area contributed by atoms with Gasteiger partial charge in [0.1, 0.15) is 0 Å². The summed E-state index contributed by atoms with van der Waals surface area (Å²) >= 11 is 0. The van der Waals surface area contributed by atoms with Gasteiger partial charge in [-0.25, -0.2) is 0 Å². The fourth-order valence-electron chi connectivity index (χ4n) is 0.621. The minimum atomic E-state index is -0.842. The molecule has 12 heavy (non-hydrogen) atoms. The minimum absolute atomic E-state index is 0.0199. The minimum Gasteiger partial charge on any atom is -0.450 e. The van der Waals surface area contributed by atoms with E-state index >= 15 is 0 Å². The molecule has 0 aliphatic carbocycles. The molecule has 0 unspecified atom stereocenters. The van der Waals surface area contributed by atoms with Gasteiger partial charge in [0, 0.05) is 4.91 Å². The van der Waals surface area contributed by atoms with Gasteiger partial charge in [0.05, 0.1) is 0 Å². The average Bonchev–Trinajstić information content (AvgIpc) is 2.52. The zero-order valence-corrected chi connectivity index (χ0v) is 5.80. The van der Waals surface area contributed by atoms with Crippen LogP contribution in [0.1, 0.15) is 21.1 Å². The van der Waals surface area contributed by atoms with Crippen LogP contribution in [0.3, 0.4) is 0 Å². The Morgan fingerprint density at radius 3 is 2.92 bits per heavy atom. The van der Waals surface area contributed by atoms with Crippen LogP contribution in [0.5, 0.6) is 0 Å². The first-order valence-electron chi connectivity index (χ1n) is 2.92. The van der Waals surface area contributed by atoms with Crippen molar-refractivity contribution in [2.45, 2.75) is 0 Å². The molecule has 1 rings (SSSR count). The average molecular weight is 165 g/mol. The lowest BCUT2D eigenvalue weighted by Crippen LogP contribution is -1.88. The summed E-state index contributed by atoms with van der Waals surface area (Å²) in [6.07, 6.45) is 0.451. The van der Waals surface area contributed by atoms with Crippen LogP contribution in [0.15, 0.2) is 21.7 Å². The maximum Gasteiger partial charge on any atom is 0.284 e. The molecule has 0 N–H and O–H groups in total. The smallest absolute Gasteiger partial charge is 0.284 e. The number of azide groups is 1. The fourth-order valence-corrected chi connectivity index (χ4v) is 0.621. The number of nitrogens with zero attached hydrogens (tertiary/aromatic N) is 3. The number of furan rings is 1. The summed E-state index contributed by atoms with van der Waals surface area (Å²) in [6.45, 7) is 0. The molecule has 60 valence electrons. The van der Waals surface area contributed by atoms with Crippen LogP contribution in [-0.2, 0) is 0 Å². The Labute approximate surface area is 66.4 Å². The Kier molecular flexibility index (Phi) is 2.25. The van der Waals surface area contributed by atoms with Crippen molar-refractivity contribution in [1.29, 1.82) is 0 Å². The third-order valence-corrected chi connectivity index (χ3v) is 1.09. The molecule has 0 fully saturated rings. The van der Waals surface area contributed by atoms with Crippen molar-refractivity contribution >= 4 is 12.2 Å². The second-order valence-corrected chi connectivity index (χ2v) is 1.81. The predicted molar refractivity (Wildman–Crippen MR) is 37.6 cm³/mol. The molecule has 6 heteroatoms. The second kappa shape index (κ2) is 3.36. The van der Waals surface area contributed by atoms with Crippen molar-refractivity contribution in [1.82, 2.24) is 0 Å². The molecule has 0 aromatic carbocycles. The Hall–Kier alpha value is -2.07. The van der Waals surface area contributed by atoms with Gasteiger partial charge in [0.15, 0.2) is 17.8 Å². The molecular formula is C6H3N3O3. The molecule has 0 saturated carbocycles. The number of rotatable bonds is 2. The lowest BCUT2D eigenvalue weighted by molar-refractivity contribution is 0.0970. The van der Waals surface area contributed by atoms with E-state index in [4.69, 9.17) is 5.53 Å². The van der Waals surface area contributed by atoms with Crippen molar-refractivity contribution in [2.75, 3.05) is 0 Å². The highest BCUT2D eigenvalue weighted by Gasteiger charge is 2.07. The van der Waals surface area contributed by atoms with Gasteiger partial charge in [-0.2, -0.15) is 0 Å². The van der Waals surface area contributed by atoms with Gasteiger partial charge in [0.25, 0.3) is 5.91 Å². The molecule has 0 bridgehead atoms. The summed E-state index contributed by atoms with van der Waals surface area (Å²) in [4.78, 5) is 23.1. The van der Waals surface area contributed by atoms with Crippen LogP contribution in [0.25, 0.3) is 10.4 Å². The van der Waals surface area contributed by atoms with Crippen molar-refractivity contribution in [3.63, 3.8) is 0 Å². The van der Waals surface area contributed by atoms with E-state index in [9.17, 15) is 9.59 Å². The van der Waals surface area contributed by atoms with Gasteiger partial charge in [-0.05, 0) is 22.8 Å². The lowest BCUT2D eigenvalue weighted by Gasteiger charge is -1.83. The molecule has 6 nitrogen and oxygen atoms in total. The molecule has 0 aliphatic rings. The van der Waals surface area contributed by atoms with Crippen LogP contribution < -0.4 is 0 Å². The van der Waals surface area contributed by atoms with Crippen LogP contribution in [0.2, 0.25) is 0 Å². The van der Waals surface area contributed by atoms with Crippen molar-refractivity contribution in [2.24, 2.45) is 5.11 Å². The number of aldehydes is 1. The van der Waals surface area contributed by atoms with Gasteiger partial charge in [-0.1, -0.05) is 0 Å². The van der Waals surface area contributed by atoms with E-state index in [1.54, 1.807) is 0 Å². The number of hydrogen-bond acceptors (Lipinski definition) is 3. The summed E-state index contributed by atoms with van der Waals surface area (Å²) in [5, 5.41) is 2.77. The second-order valence-electron chi connectivity index (χ2n) is 1.81. The van der Waals surface area contributed by atoms with Crippen LogP contribution in [0, 0.1) is 0 Å². The zero-order valence-electron chi connectivity index (χ0n) is 5.80. The molecule has 1 heterocycles. The molecule has 1 aromatic heterocycles. The first-order valence-corrected chi connectivity index (χ1v) is 2.92. The molecule has 0 spiro atoms. The Bertz CT molecular complexity index is 362. The Morgan fingerprint density at radius 1 is 1.67 bits per heavy atom. The highest BCUT2D eigenvalue weighted by atomic mass is 16.4. The number of carbonyl (C=O) groups is 2. The van der Waals surface area contributed by atoms with E-state index in [0.29, 0.717) is 6.29 Å². The Balaban J connectivity index is 2.96. The summed E-state index contributed by atoms with van der Waals surface area (Å²) in [5.74, 6) is -0.966. The van der Waals surface area contributed by atoms with Gasteiger partial charge in [0.2, 0.25) is 0 Å². The molecule has 0 atom stereocenters. The monoisotopic (exact) mass is 165 g/mol. The summed E-state index contributed by atoms with van der Waals surface area (Å²) < 4.78 is 4.66. The number of hydrogen-bond donors (Lipinski definition) is 0. The topological polar surface area (TPSA) is 96.0 Å². The van der Waals surface area contributed by atoms with Gasteiger partial charge < -0.3 is 4.42 Å². The first-order chi connectivity index (χ1) is 5.77. The van der Waals surface area contributed by atoms with Crippen LogP contribution in [0.4, 0.5) is 0 Å². The highest BCUT2D eigenvalue weighted by Crippen LogP contribution is 2.06. The maximum absolute atomic E-state index is 10.7. The maximum atomic E-state index is 10.7. The molecular weight excluding hydrogens is 162 g/mol. The van der Waals surface area contributed by atoms with Gasteiger partial charge >= 0.3 is 0 Å². The quantitative estimate of drug-likeness (QED) is 0.287. The SMILES string of the molecule is [N-]=[N+]=NC(=O)c1ccc(C=O)o1. The van der Waals surface area contributed by atoms with Crippen LogP contribution in [-0.4, -0.2) is 12.2 Å². The highest BCUT2D eigenvalue weighted by molar-refractivity contribution is 5.92. The van der Waals surface area contributed by atoms with Crippen molar-refractivity contribution in [3.05, 3.63) is 34.1 Å². The molecule has 0 radical (unpaired) electrons. The fraction of sp³-hybridized carbons (Fsp3) is 0. The van der Waals surface area contributed by atoms with Crippen molar-refractivity contribution < 1.29 is 14.0 Å². The van der Waals surface area contributed by atoms with Crippen molar-refractivity contribution in [3.8, 4) is 0 Å². The summed E-state index contributed by atoms with van der Waals surface area (Å²) in [7, 11) is 0. The molecule has 0 aliphatic heterocycles. The van der Waals surface area contributed by atoms with Gasteiger partial charge in [-0.15, -0.1) is 0 Å². The predicted octanol–water partition coefficient (Wildman–Crippen LogP) is 1.54. The van der Waals surface area contributed by atoms with Crippen LogP contribution >= 0.6 is 0 Å². The first kappa shape index (κ1) is 8.03. The summed E-state index contributed by atoms with van der Waals surface area (Å²) in [6, 6.07) is 2.58. The van der Waals surface area contributed by atoms with E-state index < -0.39 is 5.91 Å². The zero-order chi connectivity index (χ0) is 8.97. The van der Waals surface area contributed by atoms with E-state index in [0.717, 1.165) is 0 Å². The van der Waals surface area contributed by atoms with E-state index in [-0.39, 0.29) is 11.5 Å². The normalized spacial score (nSPS) is 8.67. The molecule has 1 amide bonds. The lowest BCUT2D eigenvalue weighted by atomic mass is 10.4. The largest absolute Gasteiger partial charge is 0.450 e. The number of amides is 1. The van der Waals surface area contributed by atoms with E-state index in [1.807, 2.05) is 0 Å². The van der Waals surface area contributed by atoms with E-state index in [1.165, 1.54) is 12.1 Å². The molecule has 0 saturated heterocycles. The standard InChI is InChI=1S/C6H3N3O3/c7-9-8-6(11)5-2-1-4(3-10)12-5/h1-3H. The van der Waals surface area contributed by atoms with Gasteiger partial charge in [-0.3, -0.25) is 9.59 Å². The third-order valence-electron chi connectivity index (χ3n) is 1.09. The number of carbonyl (C=O) groups excluding carboxylic acids is 2. The Morgan fingerprint density at radius 2 is 2.42 bits per heavy atom. The summed E-state index contributed by atoms with van der Waals surface area (Å²) in [5.41, 5.74) is 7.89. The third kappa shape index (κ3) is 1.50. The van der Waals surface area contributed by atoms with E-state index in [2.05, 4.69) is 14.4 Å². The molecule has 1 aromatic rings.